The molecule has 0 atom stereocenters. The maximum absolute atomic E-state index is 4.69. The van der Waals surface area contributed by atoms with Gasteiger partial charge in [-0.15, -0.1) is 0 Å². The number of nitrogens with one attached hydrogen (secondary N) is 2. The van der Waals surface area contributed by atoms with Gasteiger partial charge in [-0.25, -0.2) is 4.98 Å². The highest BCUT2D eigenvalue weighted by molar-refractivity contribution is 5.80. The minimum atomic E-state index is 0.873. The zero-order valence-corrected chi connectivity index (χ0v) is 15.1. The third-order valence-electron chi connectivity index (χ3n) is 4.71. The molecule has 134 valence electrons. The molecule has 0 radical (unpaired) electrons. The summed E-state index contributed by atoms with van der Waals surface area (Å²) in [6.45, 7) is 0. The van der Waals surface area contributed by atoms with Crippen LogP contribution in [-0.2, 0) is 0 Å². The molecule has 0 unspecified atom stereocenters. The van der Waals surface area contributed by atoms with Crippen LogP contribution in [0.2, 0.25) is 0 Å². The molecule has 0 saturated heterocycles. The van der Waals surface area contributed by atoms with Crippen LogP contribution in [-0.4, -0.2) is 15.0 Å². The van der Waals surface area contributed by atoms with E-state index in [2.05, 4.69) is 62.7 Å². The van der Waals surface area contributed by atoms with E-state index in [0.29, 0.717) is 0 Å². The summed E-state index contributed by atoms with van der Waals surface area (Å²) in [6, 6.07) is 28.8. The first-order valence-electron chi connectivity index (χ1n) is 9.18. The summed E-state index contributed by atoms with van der Waals surface area (Å²) in [5.74, 6) is 0.873. The average Bonchev–Trinajstić information content (AvgIpc) is 3.20. The second-order valence-corrected chi connectivity index (χ2v) is 6.62. The Kier molecular flexibility index (Phi) is 4.07. The molecule has 2 N–H and O–H groups in total. The van der Waals surface area contributed by atoms with E-state index in [4.69, 9.17) is 0 Å². The number of aromatic amines is 1. The number of pyridine rings is 1. The molecule has 5 aromatic rings. The first kappa shape index (κ1) is 16.3. The monoisotopic (exact) mass is 362 g/mol. The lowest BCUT2D eigenvalue weighted by molar-refractivity contribution is 1.33. The number of fused-ring (bicyclic) bond motifs is 1. The fourth-order valence-corrected chi connectivity index (χ4v) is 3.29. The summed E-state index contributed by atoms with van der Waals surface area (Å²) >= 11 is 0. The summed E-state index contributed by atoms with van der Waals surface area (Å²) in [5, 5.41) is 3.47. The van der Waals surface area contributed by atoms with E-state index < -0.39 is 0 Å². The number of hydrogen-bond donors (Lipinski definition) is 2. The molecule has 2 heterocycles. The predicted molar refractivity (Wildman–Crippen MR) is 114 cm³/mol. The van der Waals surface area contributed by atoms with Gasteiger partial charge in [0.15, 0.2) is 0 Å². The van der Waals surface area contributed by atoms with E-state index in [-0.39, 0.29) is 0 Å². The minimum absolute atomic E-state index is 0.873. The van der Waals surface area contributed by atoms with Gasteiger partial charge in [-0.05, 0) is 59.7 Å². The van der Waals surface area contributed by atoms with Crippen molar-refractivity contribution in [2.75, 3.05) is 5.32 Å². The molecule has 0 spiro atoms. The second-order valence-electron chi connectivity index (χ2n) is 6.62. The first-order chi connectivity index (χ1) is 13.8. The van der Waals surface area contributed by atoms with Gasteiger partial charge in [0.05, 0.1) is 11.0 Å². The Labute approximate surface area is 162 Å². The Morgan fingerprint density at radius 2 is 1.43 bits per heavy atom. The lowest BCUT2D eigenvalue weighted by Gasteiger charge is -2.09. The van der Waals surface area contributed by atoms with Crippen LogP contribution >= 0.6 is 0 Å². The minimum Gasteiger partial charge on any atom is -0.356 e. The summed E-state index contributed by atoms with van der Waals surface area (Å²) < 4.78 is 0. The van der Waals surface area contributed by atoms with Gasteiger partial charge in [0, 0.05) is 29.3 Å². The van der Waals surface area contributed by atoms with Gasteiger partial charge in [-0.1, -0.05) is 36.4 Å². The maximum Gasteiger partial charge on any atom is 0.138 e. The van der Waals surface area contributed by atoms with E-state index in [1.165, 1.54) is 5.56 Å². The van der Waals surface area contributed by atoms with Crippen molar-refractivity contribution in [1.82, 2.24) is 15.0 Å². The third-order valence-corrected chi connectivity index (χ3v) is 4.71. The van der Waals surface area contributed by atoms with E-state index in [1.54, 1.807) is 0 Å². The van der Waals surface area contributed by atoms with Crippen LogP contribution in [0, 0.1) is 0 Å². The van der Waals surface area contributed by atoms with Gasteiger partial charge in [-0.2, -0.15) is 0 Å². The van der Waals surface area contributed by atoms with Crippen LogP contribution in [0.1, 0.15) is 0 Å². The van der Waals surface area contributed by atoms with Crippen LogP contribution in [0.25, 0.3) is 33.5 Å². The third kappa shape index (κ3) is 3.23. The molecular weight excluding hydrogens is 344 g/mol. The van der Waals surface area contributed by atoms with E-state index >= 15 is 0 Å². The molecule has 0 fully saturated rings. The number of para-hydroxylation sites is 2. The van der Waals surface area contributed by atoms with Crippen LogP contribution in [0.4, 0.5) is 11.4 Å². The van der Waals surface area contributed by atoms with E-state index in [9.17, 15) is 0 Å². The number of benzene rings is 3. The molecule has 4 heteroatoms. The number of imidazole rings is 1. The Morgan fingerprint density at radius 1 is 0.643 bits per heavy atom. The Bertz CT molecular complexity index is 1190. The van der Waals surface area contributed by atoms with Crippen molar-refractivity contribution in [2.45, 2.75) is 0 Å². The molecule has 0 bridgehead atoms. The summed E-state index contributed by atoms with van der Waals surface area (Å²) in [4.78, 5) is 12.1. The van der Waals surface area contributed by atoms with Crippen molar-refractivity contribution in [3.05, 3.63) is 97.3 Å². The van der Waals surface area contributed by atoms with Crippen molar-refractivity contribution >= 4 is 22.4 Å². The lowest BCUT2D eigenvalue weighted by Crippen LogP contribution is -1.91. The van der Waals surface area contributed by atoms with Crippen molar-refractivity contribution in [1.29, 1.82) is 0 Å². The van der Waals surface area contributed by atoms with Crippen LogP contribution in [0.5, 0.6) is 0 Å². The van der Waals surface area contributed by atoms with Gasteiger partial charge in [0.25, 0.3) is 0 Å². The normalized spacial score (nSPS) is 10.9. The SMILES string of the molecule is c1cc(Nc2ccc(-c3ccncc3)cc2)cc(-c2nc3ccccc3[nH]2)c1. The van der Waals surface area contributed by atoms with Crippen LogP contribution in [0.3, 0.4) is 0 Å². The molecule has 3 aromatic carbocycles. The van der Waals surface area contributed by atoms with Crippen LogP contribution in [0.15, 0.2) is 97.3 Å². The summed E-state index contributed by atoms with van der Waals surface area (Å²) in [6.07, 6.45) is 3.62. The fraction of sp³-hybridized carbons (Fsp3) is 0. The molecule has 0 saturated carbocycles. The van der Waals surface area contributed by atoms with Crippen molar-refractivity contribution in [3.8, 4) is 22.5 Å². The largest absolute Gasteiger partial charge is 0.356 e. The van der Waals surface area contributed by atoms with E-state index in [0.717, 1.165) is 39.4 Å². The number of aromatic nitrogens is 3. The highest BCUT2D eigenvalue weighted by Gasteiger charge is 2.06. The van der Waals surface area contributed by atoms with Gasteiger partial charge in [0.2, 0.25) is 0 Å². The molecule has 2 aromatic heterocycles. The summed E-state index contributed by atoms with van der Waals surface area (Å²) in [7, 11) is 0. The number of hydrogen-bond acceptors (Lipinski definition) is 3. The van der Waals surface area contributed by atoms with Gasteiger partial charge < -0.3 is 10.3 Å². The lowest BCUT2D eigenvalue weighted by atomic mass is 10.1. The van der Waals surface area contributed by atoms with Gasteiger partial charge >= 0.3 is 0 Å². The highest BCUT2D eigenvalue weighted by atomic mass is 14.9. The molecular formula is C24H18N4. The fourth-order valence-electron chi connectivity index (χ4n) is 3.29. The Hall–Kier alpha value is -3.92. The maximum atomic E-state index is 4.69. The van der Waals surface area contributed by atoms with Gasteiger partial charge in [-0.3, -0.25) is 4.98 Å². The van der Waals surface area contributed by atoms with Gasteiger partial charge in [0.1, 0.15) is 5.82 Å². The molecule has 0 amide bonds. The molecule has 0 aliphatic rings. The predicted octanol–water partition coefficient (Wildman–Crippen LogP) is 6.04. The number of nitrogens with zero attached hydrogens (tertiary/aromatic N) is 2. The number of H-pyrrole nitrogens is 1. The first-order valence-corrected chi connectivity index (χ1v) is 9.18. The second kappa shape index (κ2) is 7.00. The zero-order valence-electron chi connectivity index (χ0n) is 15.1. The van der Waals surface area contributed by atoms with Crippen molar-refractivity contribution in [2.24, 2.45) is 0 Å². The zero-order chi connectivity index (χ0) is 18.8. The highest BCUT2D eigenvalue weighted by Crippen LogP contribution is 2.26. The van der Waals surface area contributed by atoms with Crippen molar-refractivity contribution < 1.29 is 0 Å². The standard InChI is InChI=1S/C24H18N4/c1-2-7-23-22(6-1)27-24(28-23)19-4-3-5-21(16-19)26-20-10-8-17(9-11-20)18-12-14-25-15-13-18/h1-16,26H,(H,27,28). The van der Waals surface area contributed by atoms with E-state index in [1.807, 2.05) is 54.9 Å². The average molecular weight is 362 g/mol. The molecule has 28 heavy (non-hydrogen) atoms. The van der Waals surface area contributed by atoms with Crippen LogP contribution < -0.4 is 5.32 Å². The quantitative estimate of drug-likeness (QED) is 0.410. The smallest absolute Gasteiger partial charge is 0.138 e. The Morgan fingerprint density at radius 3 is 2.25 bits per heavy atom. The topological polar surface area (TPSA) is 53.6 Å². The number of anilines is 2. The molecule has 0 aliphatic heterocycles. The van der Waals surface area contributed by atoms with Crippen molar-refractivity contribution in [3.63, 3.8) is 0 Å². The molecule has 0 aliphatic carbocycles. The number of rotatable bonds is 4. The molecule has 5 rings (SSSR count). The molecule has 4 nitrogen and oxygen atoms in total. The Balaban J connectivity index is 1.39. The summed E-state index contributed by atoms with van der Waals surface area (Å²) in [5.41, 5.74) is 7.46.